The lowest BCUT2D eigenvalue weighted by Gasteiger charge is -2.16. The minimum atomic E-state index is -4.40. The lowest BCUT2D eigenvalue weighted by molar-refractivity contribution is -0.138. The van der Waals surface area contributed by atoms with Crippen molar-refractivity contribution >= 4 is 17.5 Å². The molecule has 1 saturated carbocycles. The van der Waals surface area contributed by atoms with Crippen LogP contribution in [0, 0.1) is 19.8 Å². The first-order chi connectivity index (χ1) is 14.7. The first kappa shape index (κ1) is 19.8. The van der Waals surface area contributed by atoms with Crippen LogP contribution in [0.25, 0.3) is 5.78 Å². The van der Waals surface area contributed by atoms with Crippen LogP contribution in [0.5, 0.6) is 0 Å². The Kier molecular flexibility index (Phi) is 4.42. The third-order valence-corrected chi connectivity index (χ3v) is 6.05. The zero-order valence-corrected chi connectivity index (χ0v) is 17.1. The molecule has 10 heteroatoms. The summed E-state index contributed by atoms with van der Waals surface area (Å²) in [7, 11) is 0. The third kappa shape index (κ3) is 3.39. The van der Waals surface area contributed by atoms with Gasteiger partial charge in [0.2, 0.25) is 5.91 Å². The van der Waals surface area contributed by atoms with Crippen molar-refractivity contribution in [2.45, 2.75) is 52.5 Å². The number of rotatable bonds is 4. The molecule has 1 aromatic carbocycles. The number of fused-ring (bicyclic) bond motifs is 3. The first-order valence-electron chi connectivity index (χ1n) is 10.2. The Bertz CT molecular complexity index is 1200. The lowest BCUT2D eigenvalue weighted by atomic mass is 10.0. The fourth-order valence-electron chi connectivity index (χ4n) is 4.19. The number of alkyl halides is 3. The van der Waals surface area contributed by atoms with Crippen LogP contribution < -0.4 is 5.32 Å². The maximum atomic E-state index is 13.2. The highest BCUT2D eigenvalue weighted by atomic mass is 19.4. The number of halogens is 3. The van der Waals surface area contributed by atoms with E-state index >= 15 is 0 Å². The van der Waals surface area contributed by atoms with Crippen molar-refractivity contribution in [3.63, 3.8) is 0 Å². The lowest BCUT2D eigenvalue weighted by Crippen LogP contribution is -2.26. The molecule has 2 aromatic heterocycles. The number of amides is 1. The van der Waals surface area contributed by atoms with Gasteiger partial charge in [0.05, 0.1) is 24.3 Å². The number of hydrogen-bond donors (Lipinski definition) is 1. The highest BCUT2D eigenvalue weighted by Gasteiger charge is 2.38. The molecule has 3 aromatic rings. The van der Waals surface area contributed by atoms with Crippen LogP contribution in [0.15, 0.2) is 18.2 Å². The Morgan fingerprint density at radius 1 is 1.19 bits per heavy atom. The van der Waals surface area contributed by atoms with Gasteiger partial charge in [0.1, 0.15) is 11.6 Å². The molecule has 0 spiro atoms. The fraction of sp³-hybridized carbons (Fsp3) is 0.429. The van der Waals surface area contributed by atoms with E-state index in [2.05, 4.69) is 20.5 Å². The number of hydrogen-bond acceptors (Lipinski definition) is 5. The van der Waals surface area contributed by atoms with E-state index in [-0.39, 0.29) is 23.9 Å². The topological polar surface area (TPSA) is 75.4 Å². The summed E-state index contributed by atoms with van der Waals surface area (Å²) in [4.78, 5) is 19.0. The Hall–Kier alpha value is -3.17. The number of aromatic nitrogens is 4. The van der Waals surface area contributed by atoms with Crippen LogP contribution in [0.4, 0.5) is 19.0 Å². The summed E-state index contributed by atoms with van der Waals surface area (Å²) in [6.07, 6.45) is -2.56. The molecule has 1 fully saturated rings. The van der Waals surface area contributed by atoms with Crippen molar-refractivity contribution in [1.29, 1.82) is 0 Å². The standard InChI is InChI=1S/C21H21F3N6O/c1-11-14(4-3-5-16(11)21(22,23)24)8-25-18-15-9-29(19(31)13-6-7-13)10-17(15)30-12(2)27-28-20(30)26-18/h3-5,13H,6-10H2,1-2H3,(H,25,26,28). The molecule has 0 atom stereocenters. The second kappa shape index (κ2) is 6.93. The van der Waals surface area contributed by atoms with E-state index in [1.165, 1.54) is 13.0 Å². The van der Waals surface area contributed by atoms with Gasteiger partial charge in [-0.1, -0.05) is 12.1 Å². The van der Waals surface area contributed by atoms with Gasteiger partial charge in [-0.15, -0.1) is 10.2 Å². The van der Waals surface area contributed by atoms with Gasteiger partial charge in [0, 0.05) is 18.0 Å². The van der Waals surface area contributed by atoms with Gasteiger partial charge in [-0.25, -0.2) is 0 Å². The van der Waals surface area contributed by atoms with Crippen molar-refractivity contribution < 1.29 is 18.0 Å². The Morgan fingerprint density at radius 3 is 2.68 bits per heavy atom. The molecule has 31 heavy (non-hydrogen) atoms. The number of anilines is 1. The van der Waals surface area contributed by atoms with Gasteiger partial charge in [-0.05, 0) is 43.9 Å². The molecule has 3 heterocycles. The van der Waals surface area contributed by atoms with Gasteiger partial charge in [0.15, 0.2) is 0 Å². The van der Waals surface area contributed by atoms with Crippen LogP contribution >= 0.6 is 0 Å². The summed E-state index contributed by atoms with van der Waals surface area (Å²) in [6, 6.07) is 4.16. The predicted octanol–water partition coefficient (Wildman–Crippen LogP) is 3.62. The molecule has 7 nitrogen and oxygen atoms in total. The molecule has 0 radical (unpaired) electrons. The van der Waals surface area contributed by atoms with Crippen molar-refractivity contribution in [1.82, 2.24) is 24.5 Å². The van der Waals surface area contributed by atoms with E-state index in [0.29, 0.717) is 36.1 Å². The normalized spacial score (nSPS) is 16.1. The number of benzene rings is 1. The maximum Gasteiger partial charge on any atom is 0.416 e. The number of carbonyl (C=O) groups excluding carboxylic acids is 1. The molecule has 1 N–H and O–H groups in total. The third-order valence-electron chi connectivity index (χ3n) is 6.05. The summed E-state index contributed by atoms with van der Waals surface area (Å²) in [5.74, 6) is 1.84. The summed E-state index contributed by atoms with van der Waals surface area (Å²) < 4.78 is 41.6. The average Bonchev–Trinajstić information content (AvgIpc) is 3.36. The molecule has 0 saturated heterocycles. The minimum Gasteiger partial charge on any atom is -0.366 e. The van der Waals surface area contributed by atoms with E-state index in [1.54, 1.807) is 6.07 Å². The molecule has 0 bridgehead atoms. The van der Waals surface area contributed by atoms with Crippen LogP contribution in [0.1, 0.15) is 46.6 Å². The molecule has 0 unspecified atom stereocenters. The number of nitrogens with one attached hydrogen (secondary N) is 1. The average molecular weight is 430 g/mol. The predicted molar refractivity (Wildman–Crippen MR) is 106 cm³/mol. The number of carbonyl (C=O) groups is 1. The van der Waals surface area contributed by atoms with Crippen LogP contribution in [-0.4, -0.2) is 30.4 Å². The molecular weight excluding hydrogens is 409 g/mol. The van der Waals surface area contributed by atoms with Gasteiger partial charge in [0.25, 0.3) is 5.78 Å². The Labute approximate surface area is 176 Å². The van der Waals surface area contributed by atoms with Crippen molar-refractivity contribution in [3.05, 3.63) is 52.0 Å². The molecule has 5 rings (SSSR count). The second-order valence-electron chi connectivity index (χ2n) is 8.18. The molecular formula is C21H21F3N6O. The largest absolute Gasteiger partial charge is 0.416 e. The van der Waals surface area contributed by atoms with Gasteiger partial charge >= 0.3 is 6.18 Å². The fourth-order valence-corrected chi connectivity index (χ4v) is 4.19. The SMILES string of the molecule is Cc1c(CNc2nc3nnc(C)n3c3c2CN(C(=O)C2CC2)C3)cccc1C(F)(F)F. The number of aryl methyl sites for hydroxylation is 1. The molecule has 1 aliphatic heterocycles. The zero-order chi connectivity index (χ0) is 21.9. The highest BCUT2D eigenvalue weighted by molar-refractivity contribution is 5.82. The van der Waals surface area contributed by atoms with E-state index < -0.39 is 11.7 Å². The van der Waals surface area contributed by atoms with Crippen LogP contribution in [-0.2, 0) is 30.6 Å². The zero-order valence-electron chi connectivity index (χ0n) is 17.1. The summed E-state index contributed by atoms with van der Waals surface area (Å²) in [5.41, 5.74) is 1.82. The quantitative estimate of drug-likeness (QED) is 0.684. The second-order valence-corrected chi connectivity index (χ2v) is 8.18. The Morgan fingerprint density at radius 2 is 1.97 bits per heavy atom. The number of nitrogens with zero attached hydrogens (tertiary/aromatic N) is 5. The summed E-state index contributed by atoms with van der Waals surface area (Å²) in [6.45, 7) is 4.33. The maximum absolute atomic E-state index is 13.2. The molecule has 162 valence electrons. The first-order valence-corrected chi connectivity index (χ1v) is 10.2. The van der Waals surface area contributed by atoms with Crippen LogP contribution in [0.2, 0.25) is 0 Å². The Balaban J connectivity index is 1.48. The van der Waals surface area contributed by atoms with Crippen molar-refractivity contribution in [3.8, 4) is 0 Å². The molecule has 1 amide bonds. The molecule has 1 aliphatic carbocycles. The minimum absolute atomic E-state index is 0.101. The summed E-state index contributed by atoms with van der Waals surface area (Å²) in [5, 5.41) is 11.4. The van der Waals surface area contributed by atoms with Gasteiger partial charge in [-0.2, -0.15) is 18.2 Å². The highest BCUT2D eigenvalue weighted by Crippen LogP contribution is 2.37. The smallest absolute Gasteiger partial charge is 0.366 e. The van der Waals surface area contributed by atoms with Crippen molar-refractivity contribution in [2.75, 3.05) is 5.32 Å². The van der Waals surface area contributed by atoms with E-state index in [1.807, 2.05) is 16.2 Å². The van der Waals surface area contributed by atoms with E-state index in [0.717, 1.165) is 30.2 Å². The van der Waals surface area contributed by atoms with E-state index in [9.17, 15) is 18.0 Å². The van der Waals surface area contributed by atoms with Crippen LogP contribution in [0.3, 0.4) is 0 Å². The van der Waals surface area contributed by atoms with Gasteiger partial charge < -0.3 is 10.2 Å². The van der Waals surface area contributed by atoms with Crippen molar-refractivity contribution in [2.24, 2.45) is 5.92 Å². The molecule has 2 aliphatic rings. The van der Waals surface area contributed by atoms with Gasteiger partial charge in [-0.3, -0.25) is 9.20 Å². The monoisotopic (exact) mass is 430 g/mol. The summed E-state index contributed by atoms with van der Waals surface area (Å²) >= 11 is 0. The van der Waals surface area contributed by atoms with E-state index in [4.69, 9.17) is 0 Å².